The van der Waals surface area contributed by atoms with Crippen molar-refractivity contribution in [3.8, 4) is 11.3 Å². The van der Waals surface area contributed by atoms with E-state index >= 15 is 0 Å². The van der Waals surface area contributed by atoms with Gasteiger partial charge in [-0.1, -0.05) is 72.8 Å². The fourth-order valence-electron chi connectivity index (χ4n) is 4.87. The molecule has 2 heterocycles. The number of rotatable bonds is 9. The first kappa shape index (κ1) is 42.7. The van der Waals surface area contributed by atoms with E-state index in [4.69, 9.17) is 15.2 Å². The Kier molecular flexibility index (Phi) is 17.8. The number of aryl methyl sites for hydroxylation is 3. The number of Topliss-reactive ketones (excluding diaryl/α,β-unsaturated/α-hetero) is 1. The zero-order chi connectivity index (χ0) is 38.8. The Morgan fingerprint density at radius 2 is 1.29 bits per heavy atom. The van der Waals surface area contributed by atoms with E-state index in [0.717, 1.165) is 38.9 Å². The lowest BCUT2D eigenvalue weighted by Gasteiger charge is -2.19. The number of carbonyl (C=O) groups excluding carboxylic acids is 2. The summed E-state index contributed by atoms with van der Waals surface area (Å²) < 4.78 is 9.73. The summed E-state index contributed by atoms with van der Waals surface area (Å²) in [4.78, 5) is 39.2. The SMILES string of the molecule is CC(=O)c1ccccc1C.CNc1nc(N)nc2nc(-c3ccccc3C)ccc12.COC(OC)N(C)C.Cc1ccccc1C(=O)/C=C/N(C)C. The van der Waals surface area contributed by atoms with Gasteiger partial charge in [0.2, 0.25) is 12.4 Å². The van der Waals surface area contributed by atoms with Crippen LogP contribution in [0.1, 0.15) is 44.3 Å². The third-order valence-electron chi connectivity index (χ3n) is 7.52. The third-order valence-corrected chi connectivity index (χ3v) is 7.52. The molecule has 11 heteroatoms. The number of nitrogens with two attached hydrogens (primary N) is 1. The molecule has 11 nitrogen and oxygen atoms in total. The summed E-state index contributed by atoms with van der Waals surface area (Å²) in [6.07, 6.45) is 3.13. The lowest BCUT2D eigenvalue weighted by atomic mass is 10.1. The molecule has 0 bridgehead atoms. The van der Waals surface area contributed by atoms with Gasteiger partial charge in [-0.05, 0) is 70.6 Å². The Hall–Kier alpha value is -5.49. The number of ether oxygens (including phenoxy) is 2. The highest BCUT2D eigenvalue weighted by Gasteiger charge is 2.10. The maximum absolute atomic E-state index is 11.7. The minimum absolute atomic E-state index is 0.0526. The van der Waals surface area contributed by atoms with Gasteiger partial charge in [0.1, 0.15) is 5.82 Å². The molecule has 0 saturated carbocycles. The number of hydrogen-bond donors (Lipinski definition) is 2. The van der Waals surface area contributed by atoms with Crippen LogP contribution in [0.5, 0.6) is 0 Å². The van der Waals surface area contributed by atoms with Crippen molar-refractivity contribution < 1.29 is 19.1 Å². The molecule has 3 N–H and O–H groups in total. The summed E-state index contributed by atoms with van der Waals surface area (Å²) in [7, 11) is 12.6. The van der Waals surface area contributed by atoms with Crippen LogP contribution in [0, 0.1) is 20.8 Å². The molecule has 0 atom stereocenters. The Morgan fingerprint density at radius 1 is 0.750 bits per heavy atom. The number of fused-ring (bicyclic) bond motifs is 1. The first-order valence-electron chi connectivity index (χ1n) is 16.6. The van der Waals surface area contributed by atoms with Gasteiger partial charge < -0.3 is 25.4 Å². The molecule has 0 spiro atoms. The van der Waals surface area contributed by atoms with Crippen LogP contribution in [-0.2, 0) is 9.47 Å². The van der Waals surface area contributed by atoms with Crippen LogP contribution in [0.4, 0.5) is 11.8 Å². The highest BCUT2D eigenvalue weighted by atomic mass is 16.7. The number of nitrogens with one attached hydrogen (secondary N) is 1. The monoisotopic (exact) mass is 707 g/mol. The minimum atomic E-state index is -0.213. The van der Waals surface area contributed by atoms with Crippen molar-refractivity contribution in [2.45, 2.75) is 34.1 Å². The number of benzene rings is 3. The molecule has 0 aliphatic carbocycles. The van der Waals surface area contributed by atoms with E-state index in [-0.39, 0.29) is 23.9 Å². The number of methoxy groups -OCH3 is 2. The van der Waals surface area contributed by atoms with E-state index in [0.29, 0.717) is 11.5 Å². The summed E-state index contributed by atoms with van der Waals surface area (Å²) in [6.45, 7) is 7.53. The van der Waals surface area contributed by atoms with Crippen molar-refractivity contribution >= 4 is 34.4 Å². The first-order chi connectivity index (χ1) is 24.7. The van der Waals surface area contributed by atoms with Crippen molar-refractivity contribution in [2.24, 2.45) is 0 Å². The molecular formula is C41H53N7O4. The van der Waals surface area contributed by atoms with Gasteiger partial charge in [0.25, 0.3) is 0 Å². The Labute approximate surface area is 308 Å². The molecule has 0 radical (unpaired) electrons. The number of hydrogen-bond acceptors (Lipinski definition) is 11. The lowest BCUT2D eigenvalue weighted by molar-refractivity contribution is -0.179. The number of nitrogen functional groups attached to an aromatic ring is 1. The van der Waals surface area contributed by atoms with E-state index in [1.807, 2.05) is 131 Å². The van der Waals surface area contributed by atoms with Crippen LogP contribution in [0.15, 0.2) is 97.2 Å². The molecule has 2 aromatic heterocycles. The van der Waals surface area contributed by atoms with E-state index in [1.165, 1.54) is 5.56 Å². The van der Waals surface area contributed by atoms with Crippen LogP contribution in [0.3, 0.4) is 0 Å². The second kappa shape index (κ2) is 21.7. The van der Waals surface area contributed by atoms with Gasteiger partial charge in [0.15, 0.2) is 17.2 Å². The first-order valence-corrected chi connectivity index (χ1v) is 16.6. The van der Waals surface area contributed by atoms with Crippen LogP contribution < -0.4 is 11.1 Å². The summed E-state index contributed by atoms with van der Waals surface area (Å²) >= 11 is 0. The molecule has 3 aromatic carbocycles. The maximum atomic E-state index is 11.7. The number of aromatic nitrogens is 3. The summed E-state index contributed by atoms with van der Waals surface area (Å²) in [5.74, 6) is 1.10. The number of pyridine rings is 1. The molecule has 0 aliphatic rings. The zero-order valence-electron chi connectivity index (χ0n) is 32.3. The largest absolute Gasteiger partial charge is 0.383 e. The maximum Gasteiger partial charge on any atom is 0.224 e. The van der Waals surface area contributed by atoms with Crippen LogP contribution in [0.25, 0.3) is 22.3 Å². The highest BCUT2D eigenvalue weighted by Crippen LogP contribution is 2.26. The molecule has 52 heavy (non-hydrogen) atoms. The fourth-order valence-corrected chi connectivity index (χ4v) is 4.87. The molecular weight excluding hydrogens is 654 g/mol. The lowest BCUT2D eigenvalue weighted by Crippen LogP contribution is -2.30. The average molecular weight is 708 g/mol. The number of anilines is 2. The number of ketones is 2. The van der Waals surface area contributed by atoms with Gasteiger partial charge in [-0.25, -0.2) is 4.98 Å². The van der Waals surface area contributed by atoms with E-state index in [9.17, 15) is 9.59 Å². The van der Waals surface area contributed by atoms with Gasteiger partial charge >= 0.3 is 0 Å². The molecule has 276 valence electrons. The molecule has 0 fully saturated rings. The second-order valence-electron chi connectivity index (χ2n) is 12.1. The topological polar surface area (TPSA) is 136 Å². The Morgan fingerprint density at radius 3 is 1.73 bits per heavy atom. The van der Waals surface area contributed by atoms with Gasteiger partial charge in [-0.15, -0.1) is 0 Å². The fraction of sp³-hybridized carbons (Fsp3) is 0.293. The van der Waals surface area contributed by atoms with E-state index < -0.39 is 0 Å². The van der Waals surface area contributed by atoms with Crippen molar-refractivity contribution in [3.63, 3.8) is 0 Å². The number of allylic oxidation sites excluding steroid dienone is 1. The molecule has 0 amide bonds. The van der Waals surface area contributed by atoms with Crippen molar-refractivity contribution in [1.29, 1.82) is 0 Å². The van der Waals surface area contributed by atoms with Gasteiger partial charge in [-0.2, -0.15) is 9.97 Å². The molecule has 5 aromatic rings. The molecule has 0 unspecified atom stereocenters. The second-order valence-corrected chi connectivity index (χ2v) is 12.1. The van der Waals surface area contributed by atoms with Crippen molar-refractivity contribution in [2.75, 3.05) is 60.5 Å². The minimum Gasteiger partial charge on any atom is -0.383 e. The highest BCUT2D eigenvalue weighted by molar-refractivity contribution is 6.05. The predicted molar refractivity (Wildman–Crippen MR) is 212 cm³/mol. The van der Waals surface area contributed by atoms with E-state index in [1.54, 1.807) is 40.5 Å². The van der Waals surface area contributed by atoms with Gasteiger partial charge in [0.05, 0.1) is 11.1 Å². The van der Waals surface area contributed by atoms with Crippen LogP contribution in [-0.4, -0.2) is 92.2 Å². The van der Waals surface area contributed by atoms with Crippen molar-refractivity contribution in [1.82, 2.24) is 24.8 Å². The quantitative estimate of drug-likeness (QED) is 0.0915. The van der Waals surface area contributed by atoms with Gasteiger partial charge in [0, 0.05) is 64.3 Å². The average Bonchev–Trinajstić information content (AvgIpc) is 3.11. The predicted octanol–water partition coefficient (Wildman–Crippen LogP) is 7.20. The van der Waals surface area contributed by atoms with Gasteiger partial charge in [-0.3, -0.25) is 14.5 Å². The summed E-state index contributed by atoms with van der Waals surface area (Å²) in [6, 6.07) is 27.3. The molecule has 0 aliphatic heterocycles. The molecule has 0 saturated heterocycles. The standard InChI is InChI=1S/C15H15N5.C12H15NO.C9H10O.C5H13NO2/c1-9-5-3-4-6-10(9)12-8-7-11-13(17-2)19-15(16)20-14(11)18-12;1-10-6-4-5-7-11(10)12(14)8-9-13(2)3;1-7-5-3-4-6-9(7)8(2)10;1-6(2)5(7-3)8-4/h3-8H,1-2H3,(H3,16,17,18,19,20);4-9H,1-3H3;3-6H,1-2H3;5H,1-4H3/b;9-8+;;. The summed E-state index contributed by atoms with van der Waals surface area (Å²) in [5.41, 5.74) is 13.1. The number of nitrogens with zero attached hydrogens (tertiary/aromatic N) is 5. The van der Waals surface area contributed by atoms with E-state index in [2.05, 4.69) is 33.3 Å². The Bertz CT molecular complexity index is 1920. The van der Waals surface area contributed by atoms with Crippen molar-refractivity contribution in [3.05, 3.63) is 125 Å². The normalized spacial score (nSPS) is 10.5. The zero-order valence-corrected chi connectivity index (χ0v) is 32.3. The van der Waals surface area contributed by atoms with Crippen LogP contribution >= 0.6 is 0 Å². The number of carbonyl (C=O) groups is 2. The summed E-state index contributed by atoms with van der Waals surface area (Å²) in [5, 5.41) is 3.87. The van der Waals surface area contributed by atoms with Crippen LogP contribution in [0.2, 0.25) is 0 Å². The smallest absolute Gasteiger partial charge is 0.224 e. The molecule has 5 rings (SSSR count). The Balaban J connectivity index is 0.000000257. The third kappa shape index (κ3) is 13.3.